The van der Waals surface area contributed by atoms with Crippen molar-refractivity contribution in [3.05, 3.63) is 21.3 Å². The first-order valence-electron chi connectivity index (χ1n) is 6.66. The minimum Gasteiger partial charge on any atom is -0.303 e. The Morgan fingerprint density at radius 2 is 2.21 bits per heavy atom. The van der Waals surface area contributed by atoms with Gasteiger partial charge in [0.1, 0.15) is 0 Å². The molecule has 2 rings (SSSR count). The van der Waals surface area contributed by atoms with E-state index in [4.69, 9.17) is 17.4 Å². The van der Waals surface area contributed by atoms with E-state index in [0.29, 0.717) is 12.3 Å². The first-order chi connectivity index (χ1) is 9.19. The highest BCUT2D eigenvalue weighted by Crippen LogP contribution is 2.34. The van der Waals surface area contributed by atoms with Gasteiger partial charge in [0.25, 0.3) is 0 Å². The molecular weight excluding hydrogens is 282 g/mol. The Labute approximate surface area is 122 Å². The van der Waals surface area contributed by atoms with Gasteiger partial charge < -0.3 is 4.90 Å². The Bertz CT molecular complexity index is 416. The Kier molecular flexibility index (Phi) is 5.63. The fourth-order valence-electron chi connectivity index (χ4n) is 2.52. The molecule has 0 aromatic carbocycles. The van der Waals surface area contributed by atoms with Crippen LogP contribution in [0.2, 0.25) is 4.34 Å². The lowest BCUT2D eigenvalue weighted by atomic mass is 9.95. The van der Waals surface area contributed by atoms with Gasteiger partial charge in [-0.15, -0.1) is 11.3 Å². The Hall–Kier alpha value is -0.620. The molecule has 0 spiro atoms. The van der Waals surface area contributed by atoms with Gasteiger partial charge in [0, 0.05) is 11.3 Å². The van der Waals surface area contributed by atoms with Crippen molar-refractivity contribution in [3.8, 4) is 0 Å². The zero-order chi connectivity index (χ0) is 13.7. The molecule has 0 unspecified atom stereocenters. The molecule has 1 aromatic heterocycles. The number of rotatable bonds is 5. The predicted molar refractivity (Wildman–Crippen MR) is 79.3 cm³/mol. The van der Waals surface area contributed by atoms with Crippen molar-refractivity contribution in [2.24, 2.45) is 5.84 Å². The van der Waals surface area contributed by atoms with Crippen LogP contribution in [0.1, 0.15) is 36.5 Å². The second-order valence-corrected chi connectivity index (χ2v) is 6.68. The van der Waals surface area contributed by atoms with Crippen LogP contribution in [0.4, 0.5) is 0 Å². The van der Waals surface area contributed by atoms with E-state index < -0.39 is 0 Å². The van der Waals surface area contributed by atoms with E-state index in [2.05, 4.69) is 16.4 Å². The van der Waals surface area contributed by atoms with E-state index in [0.717, 1.165) is 30.4 Å². The molecule has 1 aliphatic rings. The van der Waals surface area contributed by atoms with Gasteiger partial charge in [0.2, 0.25) is 5.91 Å². The molecule has 0 aliphatic carbocycles. The molecule has 0 radical (unpaired) electrons. The minimum atomic E-state index is -0.0805. The standard InChI is InChI=1S/C13H20ClN3OS/c14-12-4-3-11(19-12)10-5-8-17(9-6-10)7-1-2-13(18)16-15/h3-4,10H,1-2,5-9,15H2,(H,16,18). The van der Waals surface area contributed by atoms with Gasteiger partial charge in [-0.3, -0.25) is 10.2 Å². The fraction of sp³-hybridized carbons (Fsp3) is 0.615. The lowest BCUT2D eigenvalue weighted by molar-refractivity contribution is -0.121. The molecular formula is C13H20ClN3OS. The molecule has 0 saturated carbocycles. The molecule has 2 heterocycles. The van der Waals surface area contributed by atoms with Gasteiger partial charge in [-0.05, 0) is 56.9 Å². The summed E-state index contributed by atoms with van der Waals surface area (Å²) < 4.78 is 0.880. The van der Waals surface area contributed by atoms with Crippen molar-refractivity contribution in [3.63, 3.8) is 0 Å². The molecule has 1 saturated heterocycles. The summed E-state index contributed by atoms with van der Waals surface area (Å²) in [6, 6.07) is 4.14. The summed E-state index contributed by atoms with van der Waals surface area (Å²) >= 11 is 7.68. The van der Waals surface area contributed by atoms with E-state index in [1.54, 1.807) is 11.3 Å². The Morgan fingerprint density at radius 3 is 2.79 bits per heavy atom. The van der Waals surface area contributed by atoms with Crippen molar-refractivity contribution in [1.82, 2.24) is 10.3 Å². The summed E-state index contributed by atoms with van der Waals surface area (Å²) in [5, 5.41) is 0. The van der Waals surface area contributed by atoms with E-state index in [9.17, 15) is 4.79 Å². The van der Waals surface area contributed by atoms with Gasteiger partial charge in [0.15, 0.2) is 0 Å². The van der Waals surface area contributed by atoms with Crippen LogP contribution in [0, 0.1) is 0 Å². The van der Waals surface area contributed by atoms with Crippen LogP contribution in [0.25, 0.3) is 0 Å². The minimum absolute atomic E-state index is 0.0805. The highest BCUT2D eigenvalue weighted by atomic mass is 35.5. The van der Waals surface area contributed by atoms with Gasteiger partial charge in [-0.2, -0.15) is 0 Å². The van der Waals surface area contributed by atoms with E-state index >= 15 is 0 Å². The number of piperidine rings is 1. The first-order valence-corrected chi connectivity index (χ1v) is 7.85. The molecule has 4 nitrogen and oxygen atoms in total. The zero-order valence-electron chi connectivity index (χ0n) is 10.9. The van der Waals surface area contributed by atoms with Crippen LogP contribution in [0.5, 0.6) is 0 Å². The summed E-state index contributed by atoms with van der Waals surface area (Å²) in [5.74, 6) is 5.63. The molecule has 19 heavy (non-hydrogen) atoms. The largest absolute Gasteiger partial charge is 0.303 e. The van der Waals surface area contributed by atoms with E-state index in [1.807, 2.05) is 6.07 Å². The SMILES string of the molecule is NNC(=O)CCCN1CCC(c2ccc(Cl)s2)CC1. The van der Waals surface area contributed by atoms with E-state index in [-0.39, 0.29) is 5.91 Å². The average Bonchev–Trinajstić information content (AvgIpc) is 2.86. The van der Waals surface area contributed by atoms with Crippen LogP contribution in [-0.4, -0.2) is 30.4 Å². The summed E-state index contributed by atoms with van der Waals surface area (Å²) in [6.07, 6.45) is 3.75. The van der Waals surface area contributed by atoms with Gasteiger partial charge >= 0.3 is 0 Å². The molecule has 0 atom stereocenters. The van der Waals surface area contributed by atoms with Gasteiger partial charge in [-0.1, -0.05) is 11.6 Å². The summed E-state index contributed by atoms with van der Waals surface area (Å²) in [4.78, 5) is 14.9. The molecule has 1 fully saturated rings. The van der Waals surface area contributed by atoms with Crippen LogP contribution in [0.15, 0.2) is 12.1 Å². The summed E-state index contributed by atoms with van der Waals surface area (Å²) in [6.45, 7) is 3.18. The molecule has 3 N–H and O–H groups in total. The van der Waals surface area contributed by atoms with Crippen LogP contribution in [0.3, 0.4) is 0 Å². The normalized spacial score (nSPS) is 17.6. The molecule has 106 valence electrons. The van der Waals surface area contributed by atoms with Crippen molar-refractivity contribution in [2.45, 2.75) is 31.6 Å². The molecule has 1 aliphatic heterocycles. The van der Waals surface area contributed by atoms with Gasteiger partial charge in [0.05, 0.1) is 4.34 Å². The monoisotopic (exact) mass is 301 g/mol. The third-order valence-electron chi connectivity index (χ3n) is 3.62. The van der Waals surface area contributed by atoms with Gasteiger partial charge in [-0.25, -0.2) is 5.84 Å². The number of hydrogen-bond donors (Lipinski definition) is 2. The van der Waals surface area contributed by atoms with Crippen molar-refractivity contribution >= 4 is 28.8 Å². The number of carbonyl (C=O) groups is 1. The number of halogens is 1. The number of nitrogens with zero attached hydrogens (tertiary/aromatic N) is 1. The predicted octanol–water partition coefficient (Wildman–Crippen LogP) is 2.35. The van der Waals surface area contributed by atoms with Crippen molar-refractivity contribution < 1.29 is 4.79 Å². The second kappa shape index (κ2) is 7.24. The second-order valence-electron chi connectivity index (χ2n) is 4.93. The van der Waals surface area contributed by atoms with Crippen molar-refractivity contribution in [1.29, 1.82) is 0 Å². The van der Waals surface area contributed by atoms with Crippen molar-refractivity contribution in [2.75, 3.05) is 19.6 Å². The lowest BCUT2D eigenvalue weighted by Crippen LogP contribution is -2.35. The molecule has 1 amide bonds. The number of likely N-dealkylation sites (tertiary alicyclic amines) is 1. The third kappa shape index (κ3) is 4.45. The summed E-state index contributed by atoms with van der Waals surface area (Å²) in [5.41, 5.74) is 2.17. The van der Waals surface area contributed by atoms with Crippen LogP contribution >= 0.6 is 22.9 Å². The number of thiophene rings is 1. The number of carbonyl (C=O) groups excluding carboxylic acids is 1. The first kappa shape index (κ1) is 14.8. The molecule has 6 heteroatoms. The molecule has 1 aromatic rings. The van der Waals surface area contributed by atoms with Crippen LogP contribution in [-0.2, 0) is 4.79 Å². The topological polar surface area (TPSA) is 58.4 Å². The fourth-order valence-corrected chi connectivity index (χ4v) is 3.75. The molecule has 0 bridgehead atoms. The number of hydrazine groups is 1. The number of amides is 1. The number of nitrogens with two attached hydrogens (primary N) is 1. The zero-order valence-corrected chi connectivity index (χ0v) is 12.5. The number of hydrogen-bond acceptors (Lipinski definition) is 4. The number of nitrogens with one attached hydrogen (secondary N) is 1. The smallest absolute Gasteiger partial charge is 0.233 e. The Morgan fingerprint density at radius 1 is 1.47 bits per heavy atom. The Balaban J connectivity index is 1.69. The average molecular weight is 302 g/mol. The lowest BCUT2D eigenvalue weighted by Gasteiger charge is -2.31. The maximum atomic E-state index is 11.0. The maximum Gasteiger partial charge on any atom is 0.233 e. The van der Waals surface area contributed by atoms with E-state index in [1.165, 1.54) is 17.7 Å². The quantitative estimate of drug-likeness (QED) is 0.499. The highest BCUT2D eigenvalue weighted by Gasteiger charge is 2.21. The van der Waals surface area contributed by atoms with Crippen LogP contribution < -0.4 is 11.3 Å². The highest BCUT2D eigenvalue weighted by molar-refractivity contribution is 7.16. The summed E-state index contributed by atoms with van der Waals surface area (Å²) in [7, 11) is 0. The maximum absolute atomic E-state index is 11.0. The third-order valence-corrected chi connectivity index (χ3v) is 5.02.